The van der Waals surface area contributed by atoms with Gasteiger partial charge < -0.3 is 5.73 Å². The Balaban J connectivity index is 2.23. The molecule has 0 fully saturated rings. The highest BCUT2D eigenvalue weighted by Gasteiger charge is 2.06. The number of nitrogens with zero attached hydrogens (tertiary/aromatic N) is 4. The van der Waals surface area contributed by atoms with Gasteiger partial charge in [-0.25, -0.2) is 14.6 Å². The van der Waals surface area contributed by atoms with E-state index >= 15 is 0 Å². The second kappa shape index (κ2) is 3.95. The van der Waals surface area contributed by atoms with E-state index in [2.05, 4.69) is 15.1 Å². The van der Waals surface area contributed by atoms with Gasteiger partial charge in [0.15, 0.2) is 11.6 Å². The van der Waals surface area contributed by atoms with E-state index in [9.17, 15) is 0 Å². The monoisotopic (exact) mass is 225 g/mol. The summed E-state index contributed by atoms with van der Waals surface area (Å²) in [7, 11) is 0. The minimum absolute atomic E-state index is 0.331. The van der Waals surface area contributed by atoms with Crippen LogP contribution in [0.4, 0.5) is 0 Å². The molecular weight excluding hydrogens is 214 g/mol. The molecule has 0 atom stereocenters. The Bertz CT molecular complexity index is 653. The molecule has 5 heteroatoms. The molecule has 0 aliphatic carbocycles. The first-order valence-corrected chi connectivity index (χ1v) is 5.33. The van der Waals surface area contributed by atoms with Crippen LogP contribution in [0.2, 0.25) is 0 Å². The Morgan fingerprint density at radius 1 is 1.12 bits per heavy atom. The van der Waals surface area contributed by atoms with Crippen molar-refractivity contribution in [2.45, 2.75) is 6.54 Å². The summed E-state index contributed by atoms with van der Waals surface area (Å²) in [4.78, 5) is 8.45. The van der Waals surface area contributed by atoms with Crippen LogP contribution >= 0.6 is 0 Å². The number of hydrogen-bond acceptors (Lipinski definition) is 4. The summed E-state index contributed by atoms with van der Waals surface area (Å²) in [5.41, 5.74) is 5.50. The standard InChI is InChI=1S/C12H11N5/c13-7-11-15-8-17(16-11)12-10-4-2-1-3-9(10)5-6-14-12/h1-6,8H,7,13H2. The number of rotatable bonds is 2. The molecule has 1 aromatic carbocycles. The first-order chi connectivity index (χ1) is 8.38. The maximum atomic E-state index is 5.50. The van der Waals surface area contributed by atoms with Crippen molar-refractivity contribution >= 4 is 10.8 Å². The molecule has 0 aliphatic rings. The molecule has 17 heavy (non-hydrogen) atoms. The molecule has 2 N–H and O–H groups in total. The highest BCUT2D eigenvalue weighted by molar-refractivity contribution is 5.88. The van der Waals surface area contributed by atoms with Crippen LogP contribution in [-0.4, -0.2) is 19.7 Å². The summed E-state index contributed by atoms with van der Waals surface area (Å²) in [5.74, 6) is 1.38. The van der Waals surface area contributed by atoms with Gasteiger partial charge in [0.2, 0.25) is 0 Å². The number of nitrogens with two attached hydrogens (primary N) is 1. The van der Waals surface area contributed by atoms with Gasteiger partial charge in [-0.3, -0.25) is 0 Å². The lowest BCUT2D eigenvalue weighted by molar-refractivity contribution is 0.815. The molecule has 2 aromatic heterocycles. The van der Waals surface area contributed by atoms with Gasteiger partial charge in [0, 0.05) is 11.6 Å². The van der Waals surface area contributed by atoms with Crippen molar-refractivity contribution in [1.29, 1.82) is 0 Å². The smallest absolute Gasteiger partial charge is 0.164 e. The van der Waals surface area contributed by atoms with Crippen LogP contribution in [0, 0.1) is 0 Å². The summed E-state index contributed by atoms with van der Waals surface area (Å²) < 4.78 is 1.66. The van der Waals surface area contributed by atoms with Crippen molar-refractivity contribution in [2.24, 2.45) is 5.73 Å². The minimum Gasteiger partial charge on any atom is -0.324 e. The molecule has 0 unspecified atom stereocenters. The van der Waals surface area contributed by atoms with Gasteiger partial charge in [0.25, 0.3) is 0 Å². The topological polar surface area (TPSA) is 69.6 Å². The van der Waals surface area contributed by atoms with Gasteiger partial charge in [-0.05, 0) is 11.5 Å². The highest BCUT2D eigenvalue weighted by Crippen LogP contribution is 2.18. The van der Waals surface area contributed by atoms with Crippen LogP contribution in [0.3, 0.4) is 0 Å². The quantitative estimate of drug-likeness (QED) is 0.713. The van der Waals surface area contributed by atoms with Crippen molar-refractivity contribution in [3.63, 3.8) is 0 Å². The number of pyridine rings is 1. The van der Waals surface area contributed by atoms with Gasteiger partial charge in [-0.2, -0.15) is 0 Å². The Morgan fingerprint density at radius 2 is 2.00 bits per heavy atom. The van der Waals surface area contributed by atoms with E-state index in [4.69, 9.17) is 5.73 Å². The Hall–Kier alpha value is -2.27. The average molecular weight is 225 g/mol. The molecule has 84 valence electrons. The normalized spacial score (nSPS) is 10.9. The van der Waals surface area contributed by atoms with Crippen molar-refractivity contribution in [3.05, 3.63) is 48.7 Å². The van der Waals surface area contributed by atoms with E-state index in [0.717, 1.165) is 16.6 Å². The van der Waals surface area contributed by atoms with E-state index in [1.165, 1.54) is 0 Å². The number of benzene rings is 1. The average Bonchev–Trinajstić information content (AvgIpc) is 2.87. The predicted octanol–water partition coefficient (Wildman–Crippen LogP) is 1.27. The zero-order valence-electron chi connectivity index (χ0n) is 9.11. The molecule has 0 spiro atoms. The van der Waals surface area contributed by atoms with E-state index < -0.39 is 0 Å². The Kier molecular flexibility index (Phi) is 2.31. The maximum absolute atomic E-state index is 5.50. The minimum atomic E-state index is 0.331. The van der Waals surface area contributed by atoms with Crippen LogP contribution in [-0.2, 0) is 6.54 Å². The van der Waals surface area contributed by atoms with Crippen molar-refractivity contribution in [3.8, 4) is 5.82 Å². The fraction of sp³-hybridized carbons (Fsp3) is 0.0833. The SMILES string of the molecule is NCc1ncn(-c2nccc3ccccc23)n1. The summed E-state index contributed by atoms with van der Waals surface area (Å²) in [6.07, 6.45) is 3.40. The molecule has 0 saturated heterocycles. The van der Waals surface area contributed by atoms with Crippen molar-refractivity contribution in [1.82, 2.24) is 19.7 Å². The first-order valence-electron chi connectivity index (χ1n) is 5.33. The van der Waals surface area contributed by atoms with Crippen LogP contribution in [0.1, 0.15) is 5.82 Å². The summed E-state index contributed by atoms with van der Waals surface area (Å²) in [5, 5.41) is 6.44. The van der Waals surface area contributed by atoms with Crippen molar-refractivity contribution < 1.29 is 0 Å². The number of fused-ring (bicyclic) bond motifs is 1. The molecule has 0 radical (unpaired) electrons. The number of hydrogen-bond donors (Lipinski definition) is 1. The summed E-state index contributed by atoms with van der Waals surface area (Å²) in [6, 6.07) is 10.0. The molecule has 5 nitrogen and oxygen atoms in total. The lowest BCUT2D eigenvalue weighted by Gasteiger charge is -2.03. The Labute approximate surface area is 97.9 Å². The van der Waals surface area contributed by atoms with Crippen LogP contribution < -0.4 is 5.73 Å². The summed E-state index contributed by atoms with van der Waals surface area (Å²) in [6.45, 7) is 0.331. The molecule has 0 amide bonds. The first kappa shape index (κ1) is 9.92. The van der Waals surface area contributed by atoms with Gasteiger partial charge in [-0.15, -0.1) is 5.10 Å². The molecule has 0 aliphatic heterocycles. The predicted molar refractivity (Wildman–Crippen MR) is 64.6 cm³/mol. The fourth-order valence-corrected chi connectivity index (χ4v) is 1.78. The second-order valence-corrected chi connectivity index (χ2v) is 3.67. The lowest BCUT2D eigenvalue weighted by atomic mass is 10.2. The van der Waals surface area contributed by atoms with E-state index in [1.54, 1.807) is 17.2 Å². The second-order valence-electron chi connectivity index (χ2n) is 3.67. The third kappa shape index (κ3) is 1.66. The molecule has 0 saturated carbocycles. The molecule has 0 bridgehead atoms. The maximum Gasteiger partial charge on any atom is 0.164 e. The van der Waals surface area contributed by atoms with Crippen LogP contribution in [0.25, 0.3) is 16.6 Å². The van der Waals surface area contributed by atoms with Crippen LogP contribution in [0.5, 0.6) is 0 Å². The van der Waals surface area contributed by atoms with Crippen molar-refractivity contribution in [2.75, 3.05) is 0 Å². The Morgan fingerprint density at radius 3 is 2.82 bits per heavy atom. The summed E-state index contributed by atoms with van der Waals surface area (Å²) >= 11 is 0. The van der Waals surface area contributed by atoms with Gasteiger partial charge in [0.05, 0.1) is 6.54 Å². The molecule has 3 aromatic rings. The van der Waals surface area contributed by atoms with Gasteiger partial charge in [0.1, 0.15) is 6.33 Å². The zero-order chi connectivity index (χ0) is 11.7. The molecule has 3 rings (SSSR count). The van der Waals surface area contributed by atoms with E-state index in [-0.39, 0.29) is 0 Å². The van der Waals surface area contributed by atoms with Gasteiger partial charge >= 0.3 is 0 Å². The van der Waals surface area contributed by atoms with Gasteiger partial charge in [-0.1, -0.05) is 24.3 Å². The zero-order valence-corrected chi connectivity index (χ0v) is 9.11. The lowest BCUT2D eigenvalue weighted by Crippen LogP contribution is -2.02. The number of aromatic nitrogens is 4. The third-order valence-corrected chi connectivity index (χ3v) is 2.59. The third-order valence-electron chi connectivity index (χ3n) is 2.59. The largest absolute Gasteiger partial charge is 0.324 e. The van der Waals surface area contributed by atoms with E-state index in [0.29, 0.717) is 12.4 Å². The highest BCUT2D eigenvalue weighted by atomic mass is 15.4. The molecule has 2 heterocycles. The van der Waals surface area contributed by atoms with Crippen LogP contribution in [0.15, 0.2) is 42.9 Å². The molecular formula is C12H11N5. The fourth-order valence-electron chi connectivity index (χ4n) is 1.78. The van der Waals surface area contributed by atoms with E-state index in [1.807, 2.05) is 30.3 Å².